The SMILES string of the molecule is C[C@H](CCC(=O)NCC(=O)NCc1ccc(C(=O)NO)cc1)C1CCC2C3C(CCC21C)C1(C)CCCC[C@H]1C[C@@H]3O. The van der Waals surface area contributed by atoms with Crippen LogP contribution in [-0.2, 0) is 16.1 Å². The van der Waals surface area contributed by atoms with Crippen molar-refractivity contribution in [3.8, 4) is 0 Å². The molecule has 5 N–H and O–H groups in total. The van der Waals surface area contributed by atoms with Crippen molar-refractivity contribution in [2.45, 2.75) is 104 Å². The lowest BCUT2D eigenvalue weighted by Crippen LogP contribution is -2.57. The molecule has 8 nitrogen and oxygen atoms in total. The highest BCUT2D eigenvalue weighted by molar-refractivity contribution is 5.93. The van der Waals surface area contributed by atoms with E-state index in [-0.39, 0.29) is 36.4 Å². The molecule has 4 aliphatic rings. The zero-order chi connectivity index (χ0) is 30.1. The molecule has 8 heteroatoms. The van der Waals surface area contributed by atoms with Crippen molar-refractivity contribution in [3.05, 3.63) is 35.4 Å². The number of benzene rings is 1. The minimum Gasteiger partial charge on any atom is -0.393 e. The number of nitrogens with one attached hydrogen (secondary N) is 3. The summed E-state index contributed by atoms with van der Waals surface area (Å²) in [6.45, 7) is 7.56. The number of aliphatic hydroxyl groups is 1. The quantitative estimate of drug-likeness (QED) is 0.208. The lowest BCUT2D eigenvalue weighted by Gasteiger charge is -2.62. The van der Waals surface area contributed by atoms with E-state index in [4.69, 9.17) is 5.21 Å². The number of rotatable bonds is 9. The van der Waals surface area contributed by atoms with Crippen molar-refractivity contribution >= 4 is 17.7 Å². The van der Waals surface area contributed by atoms with E-state index >= 15 is 0 Å². The van der Waals surface area contributed by atoms with Crippen LogP contribution in [0.5, 0.6) is 0 Å². The van der Waals surface area contributed by atoms with Gasteiger partial charge in [-0.2, -0.15) is 0 Å². The molecular formula is C34H51N3O5. The molecule has 1 aromatic carbocycles. The third-order valence-corrected chi connectivity index (χ3v) is 12.4. The van der Waals surface area contributed by atoms with E-state index in [2.05, 4.69) is 31.4 Å². The first kappa shape index (κ1) is 31.0. The number of fused-ring (bicyclic) bond motifs is 5. The van der Waals surface area contributed by atoms with Crippen molar-refractivity contribution in [3.63, 3.8) is 0 Å². The molecule has 0 heterocycles. The molecule has 0 spiro atoms. The number of hydrogen-bond donors (Lipinski definition) is 5. The molecule has 6 unspecified atom stereocenters. The van der Waals surface area contributed by atoms with Gasteiger partial charge < -0.3 is 15.7 Å². The molecule has 0 aliphatic heterocycles. The fraction of sp³-hybridized carbons (Fsp3) is 0.735. The highest BCUT2D eigenvalue weighted by Crippen LogP contribution is 2.68. The van der Waals surface area contributed by atoms with Gasteiger partial charge in [0, 0.05) is 18.5 Å². The molecule has 4 saturated carbocycles. The highest BCUT2D eigenvalue weighted by Gasteiger charge is 2.62. The topological polar surface area (TPSA) is 128 Å². The average molecular weight is 582 g/mol. The van der Waals surface area contributed by atoms with Crippen LogP contribution in [0.25, 0.3) is 0 Å². The van der Waals surface area contributed by atoms with Crippen molar-refractivity contribution in [1.29, 1.82) is 0 Å². The van der Waals surface area contributed by atoms with Crippen molar-refractivity contribution in [1.82, 2.24) is 16.1 Å². The van der Waals surface area contributed by atoms with Crippen LogP contribution in [-0.4, -0.2) is 40.7 Å². The van der Waals surface area contributed by atoms with Crippen LogP contribution in [0.1, 0.15) is 107 Å². The van der Waals surface area contributed by atoms with Gasteiger partial charge in [0.25, 0.3) is 5.91 Å². The van der Waals surface area contributed by atoms with Crippen LogP contribution < -0.4 is 16.1 Å². The smallest absolute Gasteiger partial charge is 0.274 e. The minimum atomic E-state index is -0.591. The van der Waals surface area contributed by atoms with Gasteiger partial charge in [-0.25, -0.2) is 5.48 Å². The third kappa shape index (κ3) is 5.99. The molecule has 42 heavy (non-hydrogen) atoms. The summed E-state index contributed by atoms with van der Waals surface area (Å²) in [7, 11) is 0. The Morgan fingerprint density at radius 2 is 1.67 bits per heavy atom. The number of aliphatic hydroxyl groups excluding tert-OH is 1. The summed E-state index contributed by atoms with van der Waals surface area (Å²) >= 11 is 0. The number of hydroxylamine groups is 1. The molecule has 0 saturated heterocycles. The van der Waals surface area contributed by atoms with E-state index in [1.54, 1.807) is 29.7 Å². The molecule has 232 valence electrons. The van der Waals surface area contributed by atoms with Crippen molar-refractivity contribution in [2.24, 2.45) is 46.3 Å². The Morgan fingerprint density at radius 1 is 0.929 bits per heavy atom. The second-order valence-electron chi connectivity index (χ2n) is 14.5. The Morgan fingerprint density at radius 3 is 2.40 bits per heavy atom. The van der Waals surface area contributed by atoms with Gasteiger partial charge in [0.1, 0.15) is 0 Å². The Bertz CT molecular complexity index is 1140. The third-order valence-electron chi connectivity index (χ3n) is 12.4. The second kappa shape index (κ2) is 12.7. The van der Waals surface area contributed by atoms with E-state index in [1.165, 1.54) is 51.4 Å². The van der Waals surface area contributed by atoms with Crippen LogP contribution >= 0.6 is 0 Å². The fourth-order valence-electron chi connectivity index (χ4n) is 10.2. The minimum absolute atomic E-state index is 0.0673. The van der Waals surface area contributed by atoms with E-state index in [9.17, 15) is 19.5 Å². The highest BCUT2D eigenvalue weighted by atomic mass is 16.5. The van der Waals surface area contributed by atoms with Crippen LogP contribution in [0, 0.1) is 46.3 Å². The molecule has 1 aromatic rings. The first-order valence-electron chi connectivity index (χ1n) is 16.3. The summed E-state index contributed by atoms with van der Waals surface area (Å²) in [6, 6.07) is 6.54. The first-order chi connectivity index (χ1) is 20.1. The fourth-order valence-corrected chi connectivity index (χ4v) is 10.2. The summed E-state index contributed by atoms with van der Waals surface area (Å²) in [5.41, 5.74) is 3.35. The van der Waals surface area contributed by atoms with E-state index in [0.717, 1.165) is 18.4 Å². The molecule has 0 bridgehead atoms. The lowest BCUT2D eigenvalue weighted by molar-refractivity contribution is -0.164. The summed E-state index contributed by atoms with van der Waals surface area (Å²) in [5.74, 6) is 2.39. The van der Waals surface area contributed by atoms with Gasteiger partial charge in [-0.1, -0.05) is 45.7 Å². The normalized spacial score (nSPS) is 36.1. The van der Waals surface area contributed by atoms with Crippen molar-refractivity contribution in [2.75, 3.05) is 6.54 Å². The Labute approximate surface area is 250 Å². The van der Waals surface area contributed by atoms with Crippen LogP contribution in [0.2, 0.25) is 0 Å². The molecule has 4 fully saturated rings. The average Bonchev–Trinajstić information content (AvgIpc) is 3.35. The Balaban J connectivity index is 1.08. The number of carbonyl (C=O) groups is 3. The molecule has 0 radical (unpaired) electrons. The van der Waals surface area contributed by atoms with E-state index in [0.29, 0.717) is 52.9 Å². The maximum atomic E-state index is 12.7. The van der Waals surface area contributed by atoms with Gasteiger partial charge >= 0.3 is 0 Å². The predicted octanol–water partition coefficient (Wildman–Crippen LogP) is 4.97. The lowest BCUT2D eigenvalue weighted by atomic mass is 9.44. The summed E-state index contributed by atoms with van der Waals surface area (Å²) < 4.78 is 0. The maximum Gasteiger partial charge on any atom is 0.274 e. The predicted molar refractivity (Wildman–Crippen MR) is 160 cm³/mol. The molecule has 4 aliphatic carbocycles. The number of carbonyl (C=O) groups excluding carboxylic acids is 3. The van der Waals surface area contributed by atoms with Gasteiger partial charge in [0.2, 0.25) is 11.8 Å². The van der Waals surface area contributed by atoms with Gasteiger partial charge in [-0.3, -0.25) is 19.6 Å². The van der Waals surface area contributed by atoms with Crippen LogP contribution in [0.4, 0.5) is 0 Å². The van der Waals surface area contributed by atoms with Crippen molar-refractivity contribution < 1.29 is 24.7 Å². The maximum absolute atomic E-state index is 12.7. The Hall–Kier alpha value is -2.45. The second-order valence-corrected chi connectivity index (χ2v) is 14.5. The van der Waals surface area contributed by atoms with E-state index < -0.39 is 5.91 Å². The Kier molecular flexibility index (Phi) is 9.33. The molecule has 3 amide bonds. The summed E-state index contributed by atoms with van der Waals surface area (Å²) in [5, 5.41) is 25.7. The van der Waals surface area contributed by atoms with E-state index in [1.807, 2.05) is 0 Å². The molecule has 9 atom stereocenters. The number of amides is 3. The largest absolute Gasteiger partial charge is 0.393 e. The zero-order valence-corrected chi connectivity index (χ0v) is 25.7. The van der Waals surface area contributed by atoms with Crippen LogP contribution in [0.15, 0.2) is 24.3 Å². The molecule has 5 rings (SSSR count). The van der Waals surface area contributed by atoms with Gasteiger partial charge in [-0.05, 0) is 115 Å². The monoisotopic (exact) mass is 581 g/mol. The van der Waals surface area contributed by atoms with Gasteiger partial charge in [0.05, 0.1) is 12.6 Å². The summed E-state index contributed by atoms with van der Waals surface area (Å²) in [6.07, 6.45) is 12.2. The standard InChI is InChI=1S/C34H51N3O5/c1-21(7-14-29(39)36-20-30(40)35-19-22-8-10-23(11-9-22)32(41)37-42)25-12-13-26-31-27(15-17-34(25,26)3)33(2)16-5-4-6-24(33)18-28(31)38/h8-11,21,24-28,31,38,42H,4-7,12-20H2,1-3H3,(H,35,40)(H,36,39)(H,37,41)/t21-,24+,25?,26?,27?,28+,31?,33?,34?/m1/s1. The molecular weight excluding hydrogens is 530 g/mol. The molecule has 0 aromatic heterocycles. The first-order valence-corrected chi connectivity index (χ1v) is 16.3. The zero-order valence-electron chi connectivity index (χ0n) is 25.7. The summed E-state index contributed by atoms with van der Waals surface area (Å²) in [4.78, 5) is 36.4. The number of hydrogen-bond acceptors (Lipinski definition) is 5. The van der Waals surface area contributed by atoms with Gasteiger partial charge in [-0.15, -0.1) is 0 Å². The van der Waals surface area contributed by atoms with Crippen LogP contribution in [0.3, 0.4) is 0 Å². The van der Waals surface area contributed by atoms with Gasteiger partial charge in [0.15, 0.2) is 0 Å².